The maximum absolute atomic E-state index is 16.6. The molecular weight excluding hydrogens is 732 g/mol. The number of aliphatic hydroxyl groups excluding tert-OH is 2. The van der Waals surface area contributed by atoms with E-state index in [1.165, 1.54) is 0 Å². The van der Waals surface area contributed by atoms with Gasteiger partial charge < -0.3 is 34.0 Å². The largest absolute Gasteiger partial charge is 0.494 e. The van der Waals surface area contributed by atoms with Crippen molar-refractivity contribution < 1.29 is 33.4 Å². The van der Waals surface area contributed by atoms with Gasteiger partial charge in [-0.25, -0.2) is 0 Å². The average Bonchev–Trinajstić information content (AvgIpc) is 3.83. The van der Waals surface area contributed by atoms with E-state index in [1.807, 2.05) is 86.8 Å². The quantitative estimate of drug-likeness (QED) is 0.0799. The number of hydrogen-bond acceptors (Lipinski definition) is 9. The third kappa shape index (κ3) is 7.17. The lowest BCUT2D eigenvalue weighted by molar-refractivity contribution is -0.145. The predicted octanol–water partition coefficient (Wildman–Crippen LogP) is 5.59. The van der Waals surface area contributed by atoms with Crippen molar-refractivity contribution in [3.8, 4) is 5.75 Å². The Labute approximate surface area is 328 Å². The average molecular weight is 785 g/mol. The normalized spacial score (nSPS) is 23.9. The number of rotatable bonds is 15. The van der Waals surface area contributed by atoms with Crippen LogP contribution in [0, 0.1) is 5.92 Å². The van der Waals surface area contributed by atoms with Gasteiger partial charge in [-0.3, -0.25) is 19.2 Å². The van der Waals surface area contributed by atoms with Gasteiger partial charge in [-0.05, 0) is 99.8 Å². The summed E-state index contributed by atoms with van der Waals surface area (Å²) < 4.78 is 31.0. The van der Waals surface area contributed by atoms with Crippen molar-refractivity contribution in [3.63, 3.8) is 0 Å². The molecule has 1 saturated heterocycles. The van der Waals surface area contributed by atoms with Crippen LogP contribution < -0.4 is 19.9 Å². The summed E-state index contributed by atoms with van der Waals surface area (Å²) in [6, 6.07) is 20.5. The Morgan fingerprint density at radius 2 is 1.84 bits per heavy atom. The Morgan fingerprint density at radius 3 is 2.55 bits per heavy atom. The van der Waals surface area contributed by atoms with E-state index in [1.54, 1.807) is 34.6 Å². The van der Waals surface area contributed by atoms with Crippen LogP contribution in [-0.4, -0.2) is 91.0 Å². The van der Waals surface area contributed by atoms with Crippen molar-refractivity contribution in [1.29, 1.82) is 0 Å². The molecule has 1 fully saturated rings. The first-order chi connectivity index (χ1) is 26.9. The molecular formula is C42H53FN6O6Si. The maximum Gasteiger partial charge on any atom is 0.264 e. The molecule has 7 rings (SSSR count). The van der Waals surface area contributed by atoms with Gasteiger partial charge >= 0.3 is 0 Å². The van der Waals surface area contributed by atoms with Gasteiger partial charge in [-0.15, -0.1) is 5.10 Å². The second kappa shape index (κ2) is 16.2. The first-order valence-electron chi connectivity index (χ1n) is 19.7. The molecule has 3 N–H and O–H groups in total. The summed E-state index contributed by atoms with van der Waals surface area (Å²) in [7, 11) is -1.72. The van der Waals surface area contributed by atoms with E-state index >= 15 is 4.11 Å². The fourth-order valence-electron chi connectivity index (χ4n) is 9.17. The highest BCUT2D eigenvalue weighted by molar-refractivity contribution is 6.72. The fraction of sp³-hybridized carbons (Fsp3) is 0.476. The molecule has 1 aromatic heterocycles. The maximum atomic E-state index is 16.6. The van der Waals surface area contributed by atoms with E-state index in [0.29, 0.717) is 61.6 Å². The van der Waals surface area contributed by atoms with Crippen LogP contribution in [0.4, 0.5) is 21.2 Å². The number of likely N-dealkylation sites (N-methyl/N-ethyl adjacent to an activating group) is 1. The number of fused-ring (bicyclic) bond motifs is 3. The minimum Gasteiger partial charge on any atom is -0.494 e. The Kier molecular flexibility index (Phi) is 11.5. The van der Waals surface area contributed by atoms with Gasteiger partial charge in [0, 0.05) is 49.1 Å². The highest BCUT2D eigenvalue weighted by atomic mass is 28.4. The van der Waals surface area contributed by atoms with Crippen LogP contribution in [0.15, 0.2) is 72.9 Å². The number of ether oxygens (including phenoxy) is 2. The number of unbranched alkanes of at least 4 members (excludes halogenated alkanes) is 1. The predicted molar refractivity (Wildman–Crippen MR) is 214 cm³/mol. The smallest absolute Gasteiger partial charge is 0.264 e. The van der Waals surface area contributed by atoms with Gasteiger partial charge in [0.1, 0.15) is 5.75 Å². The summed E-state index contributed by atoms with van der Waals surface area (Å²) in [4.78, 5) is 32.2. The summed E-state index contributed by atoms with van der Waals surface area (Å²) >= 11 is 0. The monoisotopic (exact) mass is 784 g/mol. The first kappa shape index (κ1) is 39.8. The van der Waals surface area contributed by atoms with E-state index in [0.717, 1.165) is 29.0 Å². The lowest BCUT2D eigenvalue weighted by Crippen LogP contribution is -2.49. The Morgan fingerprint density at radius 1 is 1.07 bits per heavy atom. The molecule has 2 unspecified atom stereocenters. The minimum atomic E-state index is -3.44. The van der Waals surface area contributed by atoms with Gasteiger partial charge in [0.25, 0.3) is 5.91 Å². The molecule has 298 valence electrons. The van der Waals surface area contributed by atoms with Gasteiger partial charge in [0.2, 0.25) is 14.3 Å². The Balaban J connectivity index is 1.22. The van der Waals surface area contributed by atoms with Gasteiger partial charge in [0.15, 0.2) is 5.60 Å². The van der Waals surface area contributed by atoms with Crippen LogP contribution in [-0.2, 0) is 32.9 Å². The van der Waals surface area contributed by atoms with E-state index in [9.17, 15) is 19.8 Å². The number of benzene rings is 3. The molecule has 4 aromatic rings. The van der Waals surface area contributed by atoms with Crippen molar-refractivity contribution in [2.75, 3.05) is 43.2 Å². The number of aliphatic hydroxyl groups is 2. The summed E-state index contributed by atoms with van der Waals surface area (Å²) in [5, 5.41) is 31.6. The minimum absolute atomic E-state index is 0.0858. The lowest BCUT2D eigenvalue weighted by atomic mass is 9.82. The number of nitrogens with one attached hydrogen (secondary N) is 1. The van der Waals surface area contributed by atoms with Gasteiger partial charge in [0.05, 0.1) is 48.3 Å². The highest BCUT2D eigenvalue weighted by Gasteiger charge is 2.66. The van der Waals surface area contributed by atoms with E-state index in [-0.39, 0.29) is 30.9 Å². The molecule has 0 saturated carbocycles. The fourth-order valence-corrected chi connectivity index (χ4v) is 11.7. The van der Waals surface area contributed by atoms with Crippen LogP contribution >= 0.6 is 0 Å². The number of halogens is 1. The molecule has 0 radical (unpaired) electrons. The molecule has 0 aliphatic carbocycles. The number of amides is 2. The van der Waals surface area contributed by atoms with Crippen LogP contribution in [0.5, 0.6) is 5.75 Å². The molecule has 2 amide bonds. The number of aromatic nitrogens is 3. The van der Waals surface area contributed by atoms with Crippen molar-refractivity contribution >= 4 is 37.3 Å². The number of anilines is 3. The van der Waals surface area contributed by atoms with Crippen molar-refractivity contribution in [1.82, 2.24) is 20.3 Å². The number of aryl methyl sites for hydroxylation is 1. The zero-order valence-electron chi connectivity index (χ0n) is 32.8. The van der Waals surface area contributed by atoms with E-state index in [2.05, 4.69) is 15.6 Å². The molecule has 3 aliphatic heterocycles. The molecule has 0 bridgehead atoms. The van der Waals surface area contributed by atoms with Crippen LogP contribution in [0.25, 0.3) is 0 Å². The summed E-state index contributed by atoms with van der Waals surface area (Å²) in [6.07, 6.45) is 3.44. The standard InChI is InChI=1S/C42H53FN6O6Si/c1-6-54-31-15-17-36-29(22-31)23-34(44-19-10-11-21-50)40(52)49(36)30-14-16-37-33(24-30)42(41(53)47(37)3)27(2)39(56(4,5)43)38(55-42)18-20-48-25-35(45-46-48)32(26-51)28-12-8-7-9-13-28/h7-9,12-17,22,24-25,27,32,34,38-39,44,50-51H,6,10-11,18-21,23,26H2,1-5H3/t27-,32?,34?,38+,39-,42+/m0/s1. The van der Waals surface area contributed by atoms with Crippen molar-refractivity contribution in [2.45, 2.75) is 88.4 Å². The van der Waals surface area contributed by atoms with Crippen molar-refractivity contribution in [2.24, 2.45) is 5.92 Å². The summed E-state index contributed by atoms with van der Waals surface area (Å²) in [5.41, 5.74) is 3.13. The van der Waals surface area contributed by atoms with E-state index < -0.39 is 37.6 Å². The molecule has 6 atom stereocenters. The number of carbonyl (C=O) groups is 2. The zero-order chi connectivity index (χ0) is 39.8. The number of nitrogens with zero attached hydrogens (tertiary/aromatic N) is 5. The SMILES string of the molecule is CCOc1ccc2c(c1)CC(NCCCCO)C(=O)N2c1ccc2c(c1)[C@@]1(O[C@H](CCn3cc(C(CO)c4ccccc4)nn3)[C@@H]([Si](C)(C)F)[C@@H]1C)C(=O)N2C. The molecule has 12 nitrogen and oxygen atoms in total. The van der Waals surface area contributed by atoms with Crippen LogP contribution in [0.1, 0.15) is 61.4 Å². The first-order valence-corrected chi connectivity index (χ1v) is 22.7. The number of carbonyl (C=O) groups excluding carboxylic acids is 2. The molecule has 3 aromatic carbocycles. The molecule has 4 heterocycles. The second-order valence-electron chi connectivity index (χ2n) is 15.7. The molecule has 14 heteroatoms. The third-order valence-electron chi connectivity index (χ3n) is 11.8. The molecule has 56 heavy (non-hydrogen) atoms. The van der Waals surface area contributed by atoms with Crippen LogP contribution in [0.2, 0.25) is 18.6 Å². The number of hydrogen-bond donors (Lipinski definition) is 3. The van der Waals surface area contributed by atoms with Gasteiger partial charge in [-0.2, -0.15) is 0 Å². The summed E-state index contributed by atoms with van der Waals surface area (Å²) in [5.74, 6) is -0.508. The van der Waals surface area contributed by atoms with E-state index in [4.69, 9.17) is 9.47 Å². The molecule has 3 aliphatic rings. The molecule has 1 spiro atoms. The zero-order valence-corrected chi connectivity index (χ0v) is 33.8. The Bertz CT molecular complexity index is 2040. The topological polar surface area (TPSA) is 142 Å². The second-order valence-corrected chi connectivity index (χ2v) is 19.5. The highest BCUT2D eigenvalue weighted by Crippen LogP contribution is 2.60. The Hall–Kier alpha value is -4.47. The lowest BCUT2D eigenvalue weighted by Gasteiger charge is -2.36. The third-order valence-corrected chi connectivity index (χ3v) is 14.3. The van der Waals surface area contributed by atoms with Gasteiger partial charge in [-0.1, -0.05) is 42.5 Å². The van der Waals surface area contributed by atoms with Crippen LogP contribution in [0.3, 0.4) is 0 Å². The van der Waals surface area contributed by atoms with Crippen molar-refractivity contribution in [3.05, 3.63) is 95.3 Å². The summed E-state index contributed by atoms with van der Waals surface area (Å²) in [6.45, 7) is 8.62.